The molecule has 4 unspecified atom stereocenters. The van der Waals surface area contributed by atoms with Gasteiger partial charge in [-0.05, 0) is 37.5 Å². The van der Waals surface area contributed by atoms with Crippen LogP contribution in [0.3, 0.4) is 0 Å². The number of rotatable bonds is 3. The fraction of sp³-hybridized carbons (Fsp3) is 0.929. The number of ether oxygens (including phenoxy) is 1. The summed E-state index contributed by atoms with van der Waals surface area (Å²) in [5.74, 6) is -0.679. The quantitative estimate of drug-likeness (QED) is 0.813. The van der Waals surface area contributed by atoms with E-state index in [1.807, 2.05) is 20.8 Å². The van der Waals surface area contributed by atoms with Crippen molar-refractivity contribution in [1.82, 2.24) is 0 Å². The number of hydrogen-bond donors (Lipinski definition) is 1. The lowest BCUT2D eigenvalue weighted by molar-refractivity contribution is -0.208. The number of carbonyl (C=O) groups excluding carboxylic acids is 1. The van der Waals surface area contributed by atoms with Crippen molar-refractivity contribution in [1.29, 1.82) is 0 Å². The topological polar surface area (TPSA) is 52.3 Å². The van der Waals surface area contributed by atoms with Crippen LogP contribution >= 0.6 is 0 Å². The number of hydrogen-bond acceptors (Lipinski definition) is 3. The second-order valence-electron chi connectivity index (χ2n) is 6.47. The molecule has 0 saturated heterocycles. The minimum Gasteiger partial charge on any atom is -0.460 e. The molecule has 1 rings (SSSR count). The third kappa shape index (κ3) is 3.65. The van der Waals surface area contributed by atoms with Crippen LogP contribution in [0.25, 0.3) is 0 Å². The van der Waals surface area contributed by atoms with Gasteiger partial charge in [0.05, 0.1) is 0 Å². The molecule has 0 radical (unpaired) electrons. The Kier molecular flexibility index (Phi) is 5.11. The van der Waals surface area contributed by atoms with E-state index in [-0.39, 0.29) is 11.8 Å². The zero-order chi connectivity index (χ0) is 15.7. The predicted molar refractivity (Wildman–Crippen MR) is 69.9 cm³/mol. The first kappa shape index (κ1) is 17.3. The smallest absolute Gasteiger partial charge is 0.416 e. The molecule has 0 aliphatic heterocycles. The maximum atomic E-state index is 12.7. The van der Waals surface area contributed by atoms with Crippen LogP contribution < -0.4 is 5.73 Å². The van der Waals surface area contributed by atoms with Gasteiger partial charge in [-0.15, -0.1) is 0 Å². The van der Waals surface area contributed by atoms with Gasteiger partial charge in [-0.1, -0.05) is 27.2 Å². The van der Waals surface area contributed by atoms with Crippen molar-refractivity contribution in [2.75, 3.05) is 0 Å². The standard InChI is InChI=1S/C14H24F3NO2/c1-8(2)10-6-5-9(3)7-11(10)20-12(19)13(4,18)14(15,16)17/h8-11H,5-7,18H2,1-4H3. The minimum absolute atomic E-state index is 0.0965. The van der Waals surface area contributed by atoms with Gasteiger partial charge < -0.3 is 10.5 Å². The van der Waals surface area contributed by atoms with E-state index >= 15 is 0 Å². The Morgan fingerprint density at radius 1 is 1.30 bits per heavy atom. The number of halogens is 3. The molecule has 0 aromatic heterocycles. The van der Waals surface area contributed by atoms with Gasteiger partial charge in [0, 0.05) is 0 Å². The fourth-order valence-corrected chi connectivity index (χ4v) is 2.63. The molecular weight excluding hydrogens is 271 g/mol. The largest absolute Gasteiger partial charge is 0.460 e. The van der Waals surface area contributed by atoms with E-state index in [4.69, 9.17) is 10.5 Å². The monoisotopic (exact) mass is 295 g/mol. The van der Waals surface area contributed by atoms with Gasteiger partial charge in [0.15, 0.2) is 0 Å². The third-order valence-corrected chi connectivity index (χ3v) is 4.23. The van der Waals surface area contributed by atoms with Crippen LogP contribution in [0.1, 0.15) is 47.0 Å². The van der Waals surface area contributed by atoms with Crippen LogP contribution in [0, 0.1) is 17.8 Å². The highest BCUT2D eigenvalue weighted by molar-refractivity contribution is 5.81. The third-order valence-electron chi connectivity index (χ3n) is 4.23. The van der Waals surface area contributed by atoms with E-state index in [0.29, 0.717) is 19.3 Å². The molecule has 4 atom stereocenters. The molecule has 20 heavy (non-hydrogen) atoms. The van der Waals surface area contributed by atoms with Gasteiger partial charge >= 0.3 is 12.1 Å². The summed E-state index contributed by atoms with van der Waals surface area (Å²) in [5.41, 5.74) is 2.16. The average Bonchev–Trinajstić information content (AvgIpc) is 2.26. The van der Waals surface area contributed by atoms with Crippen molar-refractivity contribution in [3.8, 4) is 0 Å². The zero-order valence-electron chi connectivity index (χ0n) is 12.5. The van der Waals surface area contributed by atoms with Gasteiger partial charge in [-0.3, -0.25) is 0 Å². The summed E-state index contributed by atoms with van der Waals surface area (Å²) in [6.07, 6.45) is -2.81. The summed E-state index contributed by atoms with van der Waals surface area (Å²) in [6, 6.07) is 0. The number of esters is 1. The molecule has 2 N–H and O–H groups in total. The zero-order valence-corrected chi connectivity index (χ0v) is 12.5. The van der Waals surface area contributed by atoms with Gasteiger partial charge in [-0.25, -0.2) is 4.79 Å². The van der Waals surface area contributed by atoms with E-state index in [0.717, 1.165) is 12.8 Å². The van der Waals surface area contributed by atoms with Crippen molar-refractivity contribution in [2.45, 2.75) is 64.8 Å². The first-order valence-corrected chi connectivity index (χ1v) is 7.03. The molecule has 6 heteroatoms. The SMILES string of the molecule is CC1CCC(C(C)C)C(OC(=O)C(C)(N)C(F)(F)F)C1. The first-order chi connectivity index (χ1) is 8.96. The summed E-state index contributed by atoms with van der Waals surface area (Å²) < 4.78 is 43.4. The Hall–Kier alpha value is -0.780. The molecular formula is C14H24F3NO2. The molecule has 1 saturated carbocycles. The van der Waals surface area contributed by atoms with Crippen molar-refractivity contribution in [3.63, 3.8) is 0 Å². The summed E-state index contributed by atoms with van der Waals surface area (Å²) >= 11 is 0. The van der Waals surface area contributed by atoms with Crippen LogP contribution in [0.4, 0.5) is 13.2 Å². The Balaban J connectivity index is 2.81. The average molecular weight is 295 g/mol. The predicted octanol–water partition coefficient (Wildman–Crippen LogP) is 3.27. The van der Waals surface area contributed by atoms with Crippen molar-refractivity contribution in [2.24, 2.45) is 23.5 Å². The molecule has 3 nitrogen and oxygen atoms in total. The molecule has 0 heterocycles. The normalized spacial score (nSPS) is 30.9. The summed E-state index contributed by atoms with van der Waals surface area (Å²) in [7, 11) is 0. The first-order valence-electron chi connectivity index (χ1n) is 7.03. The van der Waals surface area contributed by atoms with E-state index in [2.05, 4.69) is 0 Å². The summed E-state index contributed by atoms with van der Waals surface area (Å²) in [5, 5.41) is 0. The molecule has 118 valence electrons. The molecule has 0 aromatic carbocycles. The summed E-state index contributed by atoms with van der Waals surface area (Å²) in [4.78, 5) is 11.8. The highest BCUT2D eigenvalue weighted by Crippen LogP contribution is 2.37. The lowest BCUT2D eigenvalue weighted by Gasteiger charge is -2.38. The van der Waals surface area contributed by atoms with Gasteiger partial charge in [0.2, 0.25) is 5.54 Å². The second-order valence-corrected chi connectivity index (χ2v) is 6.47. The van der Waals surface area contributed by atoms with Gasteiger partial charge in [0.25, 0.3) is 0 Å². The summed E-state index contributed by atoms with van der Waals surface area (Å²) in [6.45, 7) is 6.66. The molecule has 0 amide bonds. The van der Waals surface area contributed by atoms with E-state index in [1.165, 1.54) is 0 Å². The Morgan fingerprint density at radius 3 is 2.30 bits per heavy atom. The second kappa shape index (κ2) is 5.92. The van der Waals surface area contributed by atoms with Gasteiger partial charge in [0.1, 0.15) is 6.10 Å². The Labute approximate surface area is 118 Å². The van der Waals surface area contributed by atoms with Crippen LogP contribution in [0.2, 0.25) is 0 Å². The molecule has 0 spiro atoms. The number of alkyl halides is 3. The minimum atomic E-state index is -4.81. The van der Waals surface area contributed by atoms with Crippen LogP contribution in [-0.2, 0) is 9.53 Å². The molecule has 0 aromatic rings. The van der Waals surface area contributed by atoms with Crippen molar-refractivity contribution >= 4 is 5.97 Å². The number of nitrogens with two attached hydrogens (primary N) is 1. The van der Waals surface area contributed by atoms with E-state index in [9.17, 15) is 18.0 Å². The maximum Gasteiger partial charge on any atom is 0.416 e. The highest BCUT2D eigenvalue weighted by atomic mass is 19.4. The highest BCUT2D eigenvalue weighted by Gasteiger charge is 2.56. The Morgan fingerprint density at radius 2 is 1.85 bits per heavy atom. The molecule has 0 bridgehead atoms. The van der Waals surface area contributed by atoms with Crippen molar-refractivity contribution < 1.29 is 22.7 Å². The number of carbonyl (C=O) groups is 1. The lowest BCUT2D eigenvalue weighted by atomic mass is 9.75. The van der Waals surface area contributed by atoms with E-state index in [1.54, 1.807) is 0 Å². The lowest BCUT2D eigenvalue weighted by Crippen LogP contribution is -2.59. The molecule has 1 aliphatic rings. The maximum absolute atomic E-state index is 12.7. The Bertz CT molecular complexity index is 353. The molecule has 1 aliphatic carbocycles. The van der Waals surface area contributed by atoms with Crippen LogP contribution in [0.15, 0.2) is 0 Å². The van der Waals surface area contributed by atoms with Crippen molar-refractivity contribution in [3.05, 3.63) is 0 Å². The van der Waals surface area contributed by atoms with Gasteiger partial charge in [-0.2, -0.15) is 13.2 Å². The molecule has 1 fully saturated rings. The van der Waals surface area contributed by atoms with Crippen LogP contribution in [0.5, 0.6) is 0 Å². The van der Waals surface area contributed by atoms with E-state index < -0.39 is 23.8 Å². The van der Waals surface area contributed by atoms with Crippen LogP contribution in [-0.4, -0.2) is 23.8 Å². The fourth-order valence-electron chi connectivity index (χ4n) is 2.63.